The van der Waals surface area contributed by atoms with Gasteiger partial charge in [0.15, 0.2) is 0 Å². The van der Waals surface area contributed by atoms with Gasteiger partial charge in [-0.15, -0.1) is 0 Å². The van der Waals surface area contributed by atoms with Crippen LogP contribution < -0.4 is 5.32 Å². The number of hydrogen-bond donors (Lipinski definition) is 1. The Morgan fingerprint density at radius 1 is 1.07 bits per heavy atom. The van der Waals surface area contributed by atoms with E-state index < -0.39 is 0 Å². The van der Waals surface area contributed by atoms with E-state index in [2.05, 4.69) is 15.1 Å². The lowest BCUT2D eigenvalue weighted by molar-refractivity contribution is 0.100. The Morgan fingerprint density at radius 2 is 1.87 bits per heavy atom. The second-order valence-corrected chi connectivity index (χ2v) is 4.87. The van der Waals surface area contributed by atoms with Crippen LogP contribution in [0, 0.1) is 0 Å². The lowest BCUT2D eigenvalue weighted by atomic mass is 10.2. The molecular formula is C11H19N3O. The third-order valence-corrected chi connectivity index (χ3v) is 3.69. The second-order valence-electron chi connectivity index (χ2n) is 4.87. The van der Waals surface area contributed by atoms with Crippen molar-refractivity contribution in [3.05, 3.63) is 0 Å². The third kappa shape index (κ3) is 1.71. The number of carbonyl (C=O) groups is 1. The molecule has 3 aliphatic rings. The summed E-state index contributed by atoms with van der Waals surface area (Å²) in [6.45, 7) is 2.99. The lowest BCUT2D eigenvalue weighted by Gasteiger charge is -2.39. The Balaban J connectivity index is 1.68. The molecule has 15 heavy (non-hydrogen) atoms. The molecule has 2 aliphatic heterocycles. The van der Waals surface area contributed by atoms with E-state index in [1.54, 1.807) is 0 Å². The third-order valence-electron chi connectivity index (χ3n) is 3.69. The van der Waals surface area contributed by atoms with Crippen LogP contribution in [0.15, 0.2) is 0 Å². The van der Waals surface area contributed by atoms with Gasteiger partial charge in [-0.05, 0) is 38.6 Å². The molecule has 84 valence electrons. The largest absolute Gasteiger partial charge is 0.322 e. The molecule has 0 radical (unpaired) electrons. The average molecular weight is 209 g/mol. The number of rotatable bonds is 2. The Kier molecular flexibility index (Phi) is 2.31. The first-order chi connectivity index (χ1) is 7.36. The van der Waals surface area contributed by atoms with Crippen molar-refractivity contribution in [3.8, 4) is 0 Å². The molecule has 0 aromatic rings. The molecule has 0 spiro atoms. The van der Waals surface area contributed by atoms with Gasteiger partial charge < -0.3 is 9.80 Å². The molecule has 1 aliphatic carbocycles. The topological polar surface area (TPSA) is 35.6 Å². The molecule has 3 rings (SSSR count). The highest BCUT2D eigenvalue weighted by Crippen LogP contribution is 2.30. The smallest absolute Gasteiger partial charge is 0.321 e. The number of urea groups is 1. The molecule has 1 unspecified atom stereocenters. The van der Waals surface area contributed by atoms with Crippen LogP contribution in [0.5, 0.6) is 0 Å². The maximum atomic E-state index is 12.2. The van der Waals surface area contributed by atoms with Crippen LogP contribution in [0.1, 0.15) is 32.1 Å². The molecule has 4 nitrogen and oxygen atoms in total. The average Bonchev–Trinajstić information content (AvgIpc) is 2.94. The monoisotopic (exact) mass is 209 g/mol. The van der Waals surface area contributed by atoms with Gasteiger partial charge in [-0.2, -0.15) is 0 Å². The molecular weight excluding hydrogens is 190 g/mol. The summed E-state index contributed by atoms with van der Waals surface area (Å²) in [5, 5.41) is 3.42. The minimum Gasteiger partial charge on any atom is -0.322 e. The van der Waals surface area contributed by atoms with Gasteiger partial charge in [-0.3, -0.25) is 5.32 Å². The van der Waals surface area contributed by atoms with Gasteiger partial charge in [-0.1, -0.05) is 0 Å². The minimum absolute atomic E-state index is 0.281. The number of nitrogens with one attached hydrogen (secondary N) is 1. The van der Waals surface area contributed by atoms with Gasteiger partial charge >= 0.3 is 6.03 Å². The maximum Gasteiger partial charge on any atom is 0.321 e. The molecule has 1 atom stereocenters. The highest BCUT2D eigenvalue weighted by Gasteiger charge is 2.39. The molecule has 3 fully saturated rings. The fourth-order valence-corrected chi connectivity index (χ4v) is 2.71. The Hall–Kier alpha value is -0.770. The van der Waals surface area contributed by atoms with Crippen LogP contribution in [0.4, 0.5) is 4.79 Å². The van der Waals surface area contributed by atoms with Crippen molar-refractivity contribution in [1.29, 1.82) is 0 Å². The van der Waals surface area contributed by atoms with Gasteiger partial charge in [0.05, 0.1) is 6.17 Å². The number of amides is 2. The molecule has 2 heterocycles. The number of hydrogen-bond acceptors (Lipinski definition) is 2. The first kappa shape index (κ1) is 9.46. The normalized spacial score (nSPS) is 32.5. The lowest BCUT2D eigenvalue weighted by Crippen LogP contribution is -2.56. The summed E-state index contributed by atoms with van der Waals surface area (Å²) in [5.74, 6) is 0. The van der Waals surface area contributed by atoms with Crippen molar-refractivity contribution >= 4 is 6.03 Å². The SMILES string of the molecule is O=C1N(C2CC2)CCCN1C1CCCN1. The first-order valence-corrected chi connectivity index (χ1v) is 6.17. The zero-order valence-electron chi connectivity index (χ0n) is 9.11. The molecule has 0 bridgehead atoms. The molecule has 0 aromatic heterocycles. The highest BCUT2D eigenvalue weighted by atomic mass is 16.2. The van der Waals surface area contributed by atoms with E-state index in [1.807, 2.05) is 0 Å². The van der Waals surface area contributed by atoms with Crippen LogP contribution in [0.2, 0.25) is 0 Å². The summed E-state index contributed by atoms with van der Waals surface area (Å²) >= 11 is 0. The number of nitrogens with zero attached hydrogens (tertiary/aromatic N) is 2. The van der Waals surface area contributed by atoms with Crippen LogP contribution >= 0.6 is 0 Å². The highest BCUT2D eigenvalue weighted by molar-refractivity contribution is 5.76. The fourth-order valence-electron chi connectivity index (χ4n) is 2.71. The molecule has 2 amide bonds. The van der Waals surface area contributed by atoms with Crippen molar-refractivity contribution in [1.82, 2.24) is 15.1 Å². The quantitative estimate of drug-likeness (QED) is 0.736. The zero-order valence-corrected chi connectivity index (χ0v) is 9.11. The summed E-state index contributed by atoms with van der Waals surface area (Å²) in [4.78, 5) is 16.3. The van der Waals surface area contributed by atoms with E-state index in [9.17, 15) is 4.79 Å². The predicted octanol–water partition coefficient (Wildman–Crippen LogP) is 0.986. The van der Waals surface area contributed by atoms with Gasteiger partial charge in [0.25, 0.3) is 0 Å². The van der Waals surface area contributed by atoms with E-state index >= 15 is 0 Å². The van der Waals surface area contributed by atoms with E-state index in [0.717, 1.165) is 32.5 Å². The van der Waals surface area contributed by atoms with E-state index in [0.29, 0.717) is 12.2 Å². The van der Waals surface area contributed by atoms with Crippen LogP contribution in [-0.4, -0.2) is 47.7 Å². The van der Waals surface area contributed by atoms with E-state index in [-0.39, 0.29) is 6.03 Å². The van der Waals surface area contributed by atoms with Crippen LogP contribution in [-0.2, 0) is 0 Å². The predicted molar refractivity (Wildman–Crippen MR) is 57.5 cm³/mol. The Morgan fingerprint density at radius 3 is 2.53 bits per heavy atom. The van der Waals surface area contributed by atoms with E-state index in [1.165, 1.54) is 19.3 Å². The van der Waals surface area contributed by atoms with Crippen molar-refractivity contribution in [3.63, 3.8) is 0 Å². The Labute approximate surface area is 90.6 Å². The second kappa shape index (κ2) is 3.67. The summed E-state index contributed by atoms with van der Waals surface area (Å²) in [5.41, 5.74) is 0. The van der Waals surface area contributed by atoms with Gasteiger partial charge in [-0.25, -0.2) is 4.79 Å². The first-order valence-electron chi connectivity index (χ1n) is 6.17. The van der Waals surface area contributed by atoms with Gasteiger partial charge in [0.1, 0.15) is 0 Å². The maximum absolute atomic E-state index is 12.2. The van der Waals surface area contributed by atoms with Crippen LogP contribution in [0.3, 0.4) is 0 Å². The van der Waals surface area contributed by atoms with Crippen molar-refractivity contribution in [2.75, 3.05) is 19.6 Å². The van der Waals surface area contributed by atoms with Gasteiger partial charge in [0, 0.05) is 19.1 Å². The molecule has 0 aromatic carbocycles. The number of carbonyl (C=O) groups excluding carboxylic acids is 1. The zero-order chi connectivity index (χ0) is 10.3. The molecule has 4 heteroatoms. The standard InChI is InChI=1S/C11H19N3O/c15-11-13(9-4-5-9)7-2-8-14(11)10-3-1-6-12-10/h9-10,12H,1-8H2. The summed E-state index contributed by atoms with van der Waals surface area (Å²) in [7, 11) is 0. The molecule has 1 saturated carbocycles. The van der Waals surface area contributed by atoms with Gasteiger partial charge in [0.2, 0.25) is 0 Å². The van der Waals surface area contributed by atoms with Crippen molar-refractivity contribution in [2.24, 2.45) is 0 Å². The summed E-state index contributed by atoms with van der Waals surface area (Å²) < 4.78 is 0. The fraction of sp³-hybridized carbons (Fsp3) is 0.909. The van der Waals surface area contributed by atoms with Crippen LogP contribution in [0.25, 0.3) is 0 Å². The summed E-state index contributed by atoms with van der Waals surface area (Å²) in [6, 6.07) is 0.852. The summed E-state index contributed by atoms with van der Waals surface area (Å²) in [6.07, 6.45) is 6.23. The molecule has 2 saturated heterocycles. The van der Waals surface area contributed by atoms with Crippen molar-refractivity contribution < 1.29 is 4.79 Å². The minimum atomic E-state index is 0.281. The van der Waals surface area contributed by atoms with E-state index in [4.69, 9.17) is 0 Å². The van der Waals surface area contributed by atoms with Crippen molar-refractivity contribution in [2.45, 2.75) is 44.3 Å². The molecule has 1 N–H and O–H groups in total. The Bertz CT molecular complexity index is 259.